The predicted octanol–water partition coefficient (Wildman–Crippen LogP) is 5.72. The maximum absolute atomic E-state index is 10.3. The monoisotopic (exact) mass is 642 g/mol. The maximum atomic E-state index is 10.3. The van der Waals surface area contributed by atoms with Gasteiger partial charge in [-0.25, -0.2) is 9.97 Å². The summed E-state index contributed by atoms with van der Waals surface area (Å²) in [6.45, 7) is 0. The first kappa shape index (κ1) is 31.4. The van der Waals surface area contributed by atoms with E-state index in [1.54, 1.807) is 24.3 Å². The molecule has 2 aliphatic heterocycles. The second-order valence-electron chi connectivity index (χ2n) is 9.29. The molecule has 1 aromatic carbocycles. The van der Waals surface area contributed by atoms with E-state index in [2.05, 4.69) is 50.3 Å². The van der Waals surface area contributed by atoms with Crippen LogP contribution >= 0.6 is 0 Å². The van der Waals surface area contributed by atoms with Crippen LogP contribution in [0.15, 0.2) is 78.9 Å². The van der Waals surface area contributed by atoms with E-state index in [0.717, 1.165) is 44.8 Å². The van der Waals surface area contributed by atoms with E-state index in [0.29, 0.717) is 5.56 Å². The van der Waals surface area contributed by atoms with Crippen molar-refractivity contribution in [1.82, 2.24) is 19.9 Å². The van der Waals surface area contributed by atoms with Crippen LogP contribution in [-0.4, -0.2) is 59.5 Å². The number of hydrogen-bond acceptors (Lipinski definition) is 7. The van der Waals surface area contributed by atoms with Crippen LogP contribution in [0.1, 0.15) is 28.3 Å². The summed E-state index contributed by atoms with van der Waals surface area (Å²) in [6.07, 6.45) is 8.05. The van der Waals surface area contributed by atoms with E-state index in [1.807, 2.05) is 48.6 Å². The zero-order valence-corrected chi connectivity index (χ0v) is 26.2. The third kappa shape index (κ3) is 6.60. The zero-order valence-electron chi connectivity index (χ0n) is 23.8. The number of nitrogens with zero attached hydrogens (tertiary/aromatic N) is 2. The van der Waals surface area contributed by atoms with E-state index >= 15 is 0 Å². The van der Waals surface area contributed by atoms with Crippen LogP contribution in [0.5, 0.6) is 0 Å². The number of methoxy groups -OCH3 is 4. The second-order valence-corrected chi connectivity index (χ2v) is 9.29. The Kier molecular flexibility index (Phi) is 10.2. The third-order valence-electron chi connectivity index (χ3n) is 6.74. The number of ether oxygens (including phenoxy) is 4. The van der Waals surface area contributed by atoms with Gasteiger partial charge in [0.25, 0.3) is 5.79 Å². The van der Waals surface area contributed by atoms with E-state index in [1.165, 1.54) is 28.4 Å². The molecule has 0 saturated carbocycles. The van der Waals surface area contributed by atoms with Crippen LogP contribution in [0.4, 0.5) is 0 Å². The number of nitrogens with one attached hydrogen (secondary N) is 2. The molecule has 3 N–H and O–H groups in total. The van der Waals surface area contributed by atoms with Gasteiger partial charge in [-0.2, -0.15) is 0 Å². The molecular formula is C32H32N4O5Zr. The fourth-order valence-electron chi connectivity index (χ4n) is 4.71. The number of hydrogen-bond donors (Lipinski definition) is 3. The molecule has 10 heteroatoms. The molecule has 6 rings (SSSR count). The van der Waals surface area contributed by atoms with Crippen molar-refractivity contribution >= 4 is 46.4 Å². The average molecular weight is 644 g/mol. The number of H-pyrrole nitrogens is 2. The summed E-state index contributed by atoms with van der Waals surface area (Å²) in [5.41, 5.74) is 8.44. The third-order valence-corrected chi connectivity index (χ3v) is 6.74. The summed E-state index contributed by atoms with van der Waals surface area (Å²) in [6, 6.07) is 25.3. The van der Waals surface area contributed by atoms with Gasteiger partial charge in [0.15, 0.2) is 0 Å². The second kappa shape index (κ2) is 13.7. The number of fused-ring (bicyclic) bond motifs is 8. The van der Waals surface area contributed by atoms with Gasteiger partial charge in [-0.3, -0.25) is 0 Å². The zero-order chi connectivity index (χ0) is 28.9. The molecule has 0 fully saturated rings. The number of rotatable bonds is 6. The van der Waals surface area contributed by atoms with Gasteiger partial charge >= 0.3 is 5.97 Å². The van der Waals surface area contributed by atoms with Gasteiger partial charge in [0.05, 0.1) is 22.8 Å². The summed E-state index contributed by atoms with van der Waals surface area (Å²) in [5.74, 6) is -3.60. The number of aromatic amines is 2. The van der Waals surface area contributed by atoms with Crippen LogP contribution in [0.2, 0.25) is 0 Å². The summed E-state index contributed by atoms with van der Waals surface area (Å²) >= 11 is 0. The molecule has 0 spiro atoms. The Morgan fingerprint density at radius 2 is 0.952 bits per heavy atom. The Bertz CT molecular complexity index is 1630. The molecule has 42 heavy (non-hydrogen) atoms. The minimum absolute atomic E-state index is 0. The molecular weight excluding hydrogens is 612 g/mol. The van der Waals surface area contributed by atoms with Crippen molar-refractivity contribution in [1.29, 1.82) is 0 Å². The van der Waals surface area contributed by atoms with Crippen molar-refractivity contribution in [2.75, 3.05) is 28.4 Å². The first-order valence-electron chi connectivity index (χ1n) is 12.9. The van der Waals surface area contributed by atoms with Crippen molar-refractivity contribution in [2.24, 2.45) is 0 Å². The Hall–Kier alpha value is -3.50. The molecule has 0 aliphatic carbocycles. The van der Waals surface area contributed by atoms with Crippen molar-refractivity contribution in [3.63, 3.8) is 0 Å². The van der Waals surface area contributed by atoms with E-state index in [4.69, 9.17) is 18.9 Å². The van der Waals surface area contributed by atoms with Crippen molar-refractivity contribution in [2.45, 2.75) is 11.8 Å². The summed E-state index contributed by atoms with van der Waals surface area (Å²) in [7, 11) is 5.41. The van der Waals surface area contributed by atoms with E-state index < -0.39 is 11.8 Å². The first-order valence-corrected chi connectivity index (χ1v) is 12.9. The van der Waals surface area contributed by atoms with Crippen molar-refractivity contribution in [3.05, 3.63) is 107 Å². The molecule has 3 aromatic heterocycles. The molecule has 0 amide bonds. The smallest absolute Gasteiger partial charge is 0.342 e. The van der Waals surface area contributed by atoms with Gasteiger partial charge in [0, 0.05) is 82.3 Å². The molecule has 0 saturated heterocycles. The number of benzene rings is 1. The summed E-state index contributed by atoms with van der Waals surface area (Å²) in [4.78, 5) is 16.0. The molecule has 8 bridgehead atoms. The average Bonchev–Trinajstić information content (AvgIpc) is 3.81. The summed E-state index contributed by atoms with van der Waals surface area (Å²) < 4.78 is 20.5. The van der Waals surface area contributed by atoms with Crippen LogP contribution in [-0.2, 0) is 50.9 Å². The molecule has 5 heterocycles. The number of aliphatic hydroxyl groups is 1. The molecule has 0 unspecified atom stereocenters. The molecule has 9 nitrogen and oxygen atoms in total. The SMILES string of the molecule is C1=Cc2cc3ccc(cc4ccc(cc5nc(cc1n2)C=C5)[nH]4)[nH]3.COC(O)(OC)C(OC)(OC)c1ccccc1.[Zr]. The van der Waals surface area contributed by atoms with Crippen molar-refractivity contribution < 1.29 is 50.3 Å². The molecule has 0 atom stereocenters. The van der Waals surface area contributed by atoms with Crippen LogP contribution in [0.3, 0.4) is 0 Å². The topological polar surface area (TPSA) is 115 Å². The molecule has 2 aliphatic rings. The minimum atomic E-state index is -2.04. The van der Waals surface area contributed by atoms with Gasteiger partial charge in [0.1, 0.15) is 0 Å². The van der Waals surface area contributed by atoms with Gasteiger partial charge in [0.2, 0.25) is 0 Å². The van der Waals surface area contributed by atoms with Crippen LogP contribution in [0, 0.1) is 0 Å². The Morgan fingerprint density at radius 3 is 1.36 bits per heavy atom. The van der Waals surface area contributed by atoms with Gasteiger partial charge < -0.3 is 34.0 Å². The van der Waals surface area contributed by atoms with Crippen LogP contribution in [0.25, 0.3) is 46.4 Å². The van der Waals surface area contributed by atoms with Gasteiger partial charge in [-0.1, -0.05) is 30.3 Å². The molecule has 214 valence electrons. The fraction of sp³-hybridized carbons (Fsp3) is 0.188. The van der Waals surface area contributed by atoms with Crippen molar-refractivity contribution in [3.8, 4) is 0 Å². The molecule has 0 radical (unpaired) electrons. The van der Waals surface area contributed by atoms with Crippen LogP contribution < -0.4 is 0 Å². The van der Waals surface area contributed by atoms with E-state index in [-0.39, 0.29) is 26.2 Å². The van der Waals surface area contributed by atoms with Gasteiger partial charge in [-0.05, 0) is 72.8 Å². The maximum Gasteiger partial charge on any atom is 0.342 e. The fourth-order valence-corrected chi connectivity index (χ4v) is 4.71. The quantitative estimate of drug-likeness (QED) is 0.199. The molecule has 4 aromatic rings. The Balaban J connectivity index is 0.000000201. The normalized spacial score (nSPS) is 12.4. The largest absolute Gasteiger partial charge is 0.355 e. The van der Waals surface area contributed by atoms with E-state index in [9.17, 15) is 5.11 Å². The Labute approximate surface area is 263 Å². The standard InChI is InChI=1S/C20H14N4.C12H18O5.Zr/c1-2-14-10-16-5-6-18(23-16)12-20-8-7-19(24-20)11-17-4-3-15(22-17)9-13(1)21-14;1-14-11(15-2,12(13,16-3)17-4)10-8-6-5-7-9-10;/h1-12,21-22H;5-9,13H,1-4H3;. The first-order chi connectivity index (χ1) is 19.9. The van der Waals surface area contributed by atoms with Gasteiger partial charge in [-0.15, -0.1) is 0 Å². The number of aromatic nitrogens is 4. The summed E-state index contributed by atoms with van der Waals surface area (Å²) in [5, 5.41) is 10.3. The minimum Gasteiger partial charge on any atom is -0.355 e. The predicted molar refractivity (Wildman–Crippen MR) is 160 cm³/mol. The Morgan fingerprint density at radius 1 is 0.548 bits per heavy atom.